The number of fused-ring (bicyclic) bond motifs is 1. The van der Waals surface area contributed by atoms with Crippen molar-refractivity contribution in [3.8, 4) is 10.6 Å². The van der Waals surface area contributed by atoms with Gasteiger partial charge in [-0.15, -0.1) is 22.7 Å². The lowest BCUT2D eigenvalue weighted by Gasteiger charge is -1.97. The second kappa shape index (κ2) is 3.08. The lowest BCUT2D eigenvalue weighted by Crippen LogP contribution is -1.93. The van der Waals surface area contributed by atoms with E-state index in [1.807, 2.05) is 17.4 Å². The lowest BCUT2D eigenvalue weighted by atomic mass is 10.4. The van der Waals surface area contributed by atoms with Gasteiger partial charge >= 0.3 is 0 Å². The summed E-state index contributed by atoms with van der Waals surface area (Å²) in [5.74, 6) is 0.745. The third kappa shape index (κ3) is 1.20. The zero-order valence-corrected chi connectivity index (χ0v) is 9.73. The van der Waals surface area contributed by atoms with Crippen LogP contribution in [0.1, 0.15) is 5.69 Å². The standard InChI is InChI=1S/C10H9N3S2/c1-6-9(11)13-7(5-15-10(13)12-6)8-3-2-4-14-8/h2-5H,11H2,1H3. The molecule has 5 heteroatoms. The summed E-state index contributed by atoms with van der Waals surface area (Å²) >= 11 is 3.34. The predicted molar refractivity (Wildman–Crippen MR) is 65.5 cm³/mol. The summed E-state index contributed by atoms with van der Waals surface area (Å²) in [7, 11) is 0. The maximum atomic E-state index is 6.00. The highest BCUT2D eigenvalue weighted by atomic mass is 32.1. The molecule has 0 saturated heterocycles. The van der Waals surface area contributed by atoms with Gasteiger partial charge in [-0.25, -0.2) is 4.98 Å². The van der Waals surface area contributed by atoms with Crippen molar-refractivity contribution in [3.05, 3.63) is 28.6 Å². The first-order chi connectivity index (χ1) is 7.27. The molecule has 0 aromatic carbocycles. The largest absolute Gasteiger partial charge is 0.383 e. The number of thiazole rings is 1. The van der Waals surface area contributed by atoms with E-state index < -0.39 is 0 Å². The molecule has 3 aromatic rings. The monoisotopic (exact) mass is 235 g/mol. The predicted octanol–water partition coefficient (Wildman–Crippen LogP) is 3.01. The van der Waals surface area contributed by atoms with Crippen LogP contribution < -0.4 is 5.73 Å². The lowest BCUT2D eigenvalue weighted by molar-refractivity contribution is 1.25. The van der Waals surface area contributed by atoms with Crippen LogP contribution in [0, 0.1) is 6.92 Å². The highest BCUT2D eigenvalue weighted by Gasteiger charge is 2.12. The van der Waals surface area contributed by atoms with Crippen molar-refractivity contribution in [1.29, 1.82) is 0 Å². The third-order valence-electron chi connectivity index (χ3n) is 2.36. The first kappa shape index (κ1) is 8.94. The Hall–Kier alpha value is -1.33. The van der Waals surface area contributed by atoms with Gasteiger partial charge in [0.2, 0.25) is 0 Å². The molecule has 3 rings (SSSR count). The van der Waals surface area contributed by atoms with Crippen molar-refractivity contribution in [3.63, 3.8) is 0 Å². The third-order valence-corrected chi connectivity index (χ3v) is 4.07. The Kier molecular flexibility index (Phi) is 1.83. The van der Waals surface area contributed by atoms with E-state index in [2.05, 4.69) is 21.8 Å². The molecule has 2 N–H and O–H groups in total. The summed E-state index contributed by atoms with van der Waals surface area (Å²) in [6, 6.07) is 4.14. The fraction of sp³-hybridized carbons (Fsp3) is 0.100. The summed E-state index contributed by atoms with van der Waals surface area (Å²) < 4.78 is 2.02. The summed E-state index contributed by atoms with van der Waals surface area (Å²) in [6.07, 6.45) is 0. The number of nitrogens with two attached hydrogens (primary N) is 1. The topological polar surface area (TPSA) is 43.3 Å². The quantitative estimate of drug-likeness (QED) is 0.704. The van der Waals surface area contributed by atoms with E-state index >= 15 is 0 Å². The number of nitrogen functional groups attached to an aromatic ring is 1. The first-order valence-corrected chi connectivity index (χ1v) is 6.29. The van der Waals surface area contributed by atoms with E-state index in [4.69, 9.17) is 5.73 Å². The molecule has 0 aliphatic carbocycles. The fourth-order valence-corrected chi connectivity index (χ4v) is 3.33. The van der Waals surface area contributed by atoms with E-state index in [0.717, 1.165) is 22.2 Å². The van der Waals surface area contributed by atoms with Crippen LogP contribution in [-0.4, -0.2) is 9.38 Å². The maximum absolute atomic E-state index is 6.00. The average Bonchev–Trinajstić information content (AvgIpc) is 2.86. The van der Waals surface area contributed by atoms with Gasteiger partial charge in [-0.05, 0) is 18.4 Å². The summed E-state index contributed by atoms with van der Waals surface area (Å²) in [5, 5.41) is 4.17. The molecule has 0 atom stereocenters. The van der Waals surface area contributed by atoms with Gasteiger partial charge in [-0.2, -0.15) is 0 Å². The molecule has 0 unspecified atom stereocenters. The number of imidazole rings is 1. The van der Waals surface area contributed by atoms with Gasteiger partial charge in [0.15, 0.2) is 4.96 Å². The van der Waals surface area contributed by atoms with Crippen LogP contribution in [0.3, 0.4) is 0 Å². The molecule has 0 fully saturated rings. The number of hydrogen-bond acceptors (Lipinski definition) is 4. The van der Waals surface area contributed by atoms with Crippen LogP contribution >= 0.6 is 22.7 Å². The van der Waals surface area contributed by atoms with Crippen molar-refractivity contribution >= 4 is 33.5 Å². The zero-order valence-electron chi connectivity index (χ0n) is 8.10. The minimum absolute atomic E-state index is 0.745. The van der Waals surface area contributed by atoms with Gasteiger partial charge < -0.3 is 5.73 Å². The van der Waals surface area contributed by atoms with Crippen molar-refractivity contribution in [2.75, 3.05) is 5.73 Å². The summed E-state index contributed by atoms with van der Waals surface area (Å²) in [4.78, 5) is 6.60. The second-order valence-corrected chi connectivity index (χ2v) is 5.08. The molecular formula is C10H9N3S2. The Morgan fingerprint density at radius 3 is 3.00 bits per heavy atom. The SMILES string of the molecule is Cc1nc2scc(-c3cccs3)n2c1N. The van der Waals surface area contributed by atoms with E-state index in [9.17, 15) is 0 Å². The van der Waals surface area contributed by atoms with Crippen molar-refractivity contribution in [2.45, 2.75) is 6.92 Å². The molecule has 3 heterocycles. The number of thiophene rings is 1. The van der Waals surface area contributed by atoms with Crippen molar-refractivity contribution in [1.82, 2.24) is 9.38 Å². The molecule has 76 valence electrons. The highest BCUT2D eigenvalue weighted by Crippen LogP contribution is 2.32. The summed E-state index contributed by atoms with van der Waals surface area (Å²) in [5.41, 5.74) is 8.05. The van der Waals surface area contributed by atoms with Gasteiger partial charge in [0.1, 0.15) is 5.82 Å². The molecule has 0 aliphatic rings. The average molecular weight is 235 g/mol. The van der Waals surface area contributed by atoms with Crippen molar-refractivity contribution < 1.29 is 0 Å². The van der Waals surface area contributed by atoms with Crippen LogP contribution in [0.4, 0.5) is 5.82 Å². The van der Waals surface area contributed by atoms with Gasteiger partial charge in [-0.3, -0.25) is 4.40 Å². The van der Waals surface area contributed by atoms with Crippen LogP contribution in [0.5, 0.6) is 0 Å². The Morgan fingerprint density at radius 2 is 2.27 bits per heavy atom. The fourth-order valence-electron chi connectivity index (χ4n) is 1.58. The van der Waals surface area contributed by atoms with Crippen LogP contribution in [0.15, 0.2) is 22.9 Å². The minimum Gasteiger partial charge on any atom is -0.383 e. The smallest absolute Gasteiger partial charge is 0.196 e. The molecule has 0 bridgehead atoms. The number of aromatic nitrogens is 2. The number of aryl methyl sites for hydroxylation is 1. The Morgan fingerprint density at radius 1 is 1.40 bits per heavy atom. The van der Waals surface area contributed by atoms with Crippen molar-refractivity contribution in [2.24, 2.45) is 0 Å². The molecule has 0 amide bonds. The van der Waals surface area contributed by atoms with Crippen LogP contribution in [-0.2, 0) is 0 Å². The molecule has 3 aromatic heterocycles. The Balaban J connectivity index is 2.36. The van der Waals surface area contributed by atoms with Gasteiger partial charge in [0.05, 0.1) is 16.3 Å². The number of rotatable bonds is 1. The molecule has 0 radical (unpaired) electrons. The number of hydrogen-bond donors (Lipinski definition) is 1. The molecule has 0 spiro atoms. The van der Waals surface area contributed by atoms with E-state index in [-0.39, 0.29) is 0 Å². The molecule has 15 heavy (non-hydrogen) atoms. The van der Waals surface area contributed by atoms with E-state index in [0.29, 0.717) is 0 Å². The van der Waals surface area contributed by atoms with Gasteiger partial charge in [0, 0.05) is 5.38 Å². The molecule has 0 saturated carbocycles. The van der Waals surface area contributed by atoms with Crippen LogP contribution in [0.2, 0.25) is 0 Å². The minimum atomic E-state index is 0.745. The van der Waals surface area contributed by atoms with Crippen LogP contribution in [0.25, 0.3) is 15.5 Å². The second-order valence-electron chi connectivity index (χ2n) is 3.30. The van der Waals surface area contributed by atoms with E-state index in [1.165, 1.54) is 4.88 Å². The normalized spacial score (nSPS) is 11.3. The molecular weight excluding hydrogens is 226 g/mol. The summed E-state index contributed by atoms with van der Waals surface area (Å²) in [6.45, 7) is 1.94. The highest BCUT2D eigenvalue weighted by molar-refractivity contribution is 7.17. The maximum Gasteiger partial charge on any atom is 0.196 e. The first-order valence-electron chi connectivity index (χ1n) is 4.53. The molecule has 0 aliphatic heterocycles. The van der Waals surface area contributed by atoms with Gasteiger partial charge in [-0.1, -0.05) is 6.07 Å². The Labute approximate surface area is 94.8 Å². The number of nitrogens with zero attached hydrogens (tertiary/aromatic N) is 2. The number of anilines is 1. The van der Waals surface area contributed by atoms with Gasteiger partial charge in [0.25, 0.3) is 0 Å². The molecule has 3 nitrogen and oxygen atoms in total. The zero-order chi connectivity index (χ0) is 10.4. The van der Waals surface area contributed by atoms with E-state index in [1.54, 1.807) is 22.7 Å². The Bertz CT molecular complexity index is 604.